The number of phenols is 1. The number of nitrogens with zero attached hydrogens (tertiary/aromatic N) is 1. The second kappa shape index (κ2) is 8.51. The lowest BCUT2D eigenvalue weighted by Crippen LogP contribution is -2.56. The minimum absolute atomic E-state index is 0.0274. The predicted molar refractivity (Wildman–Crippen MR) is 122 cm³/mol. The molecule has 0 aromatic heterocycles. The van der Waals surface area contributed by atoms with Gasteiger partial charge in [-0.05, 0) is 51.0 Å². The molecule has 0 spiro atoms. The Kier molecular flexibility index (Phi) is 5.64. The molecule has 1 amide bonds. The maximum absolute atomic E-state index is 13.2. The van der Waals surface area contributed by atoms with E-state index in [4.69, 9.17) is 19.3 Å². The Hall–Kier alpha value is -3.26. The van der Waals surface area contributed by atoms with Gasteiger partial charge in [-0.2, -0.15) is 0 Å². The monoisotopic (exact) mass is 467 g/mol. The van der Waals surface area contributed by atoms with E-state index >= 15 is 0 Å². The van der Waals surface area contributed by atoms with Crippen molar-refractivity contribution in [2.24, 2.45) is 11.8 Å². The molecule has 3 aliphatic heterocycles. The molecule has 5 rings (SSSR count). The van der Waals surface area contributed by atoms with E-state index in [-0.39, 0.29) is 35.7 Å². The van der Waals surface area contributed by atoms with E-state index in [9.17, 15) is 14.7 Å². The van der Waals surface area contributed by atoms with Crippen molar-refractivity contribution in [2.45, 2.75) is 44.5 Å². The molecule has 180 valence electrons. The van der Waals surface area contributed by atoms with Gasteiger partial charge in [-0.3, -0.25) is 4.79 Å². The molecule has 34 heavy (non-hydrogen) atoms. The molecule has 2 saturated heterocycles. The number of carbonyl (C=O) groups excluding carboxylic acids is 1. The average Bonchev–Trinajstić information content (AvgIpc) is 2.82. The first-order chi connectivity index (χ1) is 16.2. The molecular weight excluding hydrogens is 438 g/mol. The molecule has 3 aliphatic rings. The third-order valence-corrected chi connectivity index (χ3v) is 7.23. The SMILES string of the molecule is CC1(C)Oc2c(O)cccc2[C@@H]2O[C@@H]3CCN(C(=O)c4cccc(OCC(=O)O)c4)C[C@H]3C[C@H]21. The Morgan fingerprint density at radius 1 is 1.21 bits per heavy atom. The van der Waals surface area contributed by atoms with Crippen molar-refractivity contribution < 1.29 is 34.0 Å². The van der Waals surface area contributed by atoms with Crippen molar-refractivity contribution in [3.05, 3.63) is 53.6 Å². The Balaban J connectivity index is 1.32. The van der Waals surface area contributed by atoms with Gasteiger partial charge in [0.1, 0.15) is 11.4 Å². The summed E-state index contributed by atoms with van der Waals surface area (Å²) in [5.74, 6) is 0.0835. The smallest absolute Gasteiger partial charge is 0.341 e. The lowest BCUT2D eigenvalue weighted by Gasteiger charge is -2.53. The molecule has 3 heterocycles. The Bertz CT molecular complexity index is 1110. The Labute approximate surface area is 198 Å². The van der Waals surface area contributed by atoms with Crippen molar-refractivity contribution in [2.75, 3.05) is 19.7 Å². The zero-order valence-corrected chi connectivity index (χ0v) is 19.3. The number of likely N-dealkylation sites (tertiary alicyclic amines) is 1. The van der Waals surface area contributed by atoms with Crippen molar-refractivity contribution in [3.8, 4) is 17.2 Å². The Morgan fingerprint density at radius 2 is 2.00 bits per heavy atom. The van der Waals surface area contributed by atoms with Gasteiger partial charge in [-0.25, -0.2) is 4.79 Å². The van der Waals surface area contributed by atoms with Crippen molar-refractivity contribution in [1.82, 2.24) is 4.90 Å². The molecular formula is C26H29NO7. The van der Waals surface area contributed by atoms with Gasteiger partial charge >= 0.3 is 5.97 Å². The zero-order valence-electron chi connectivity index (χ0n) is 19.3. The number of hydrogen-bond acceptors (Lipinski definition) is 6. The van der Waals surface area contributed by atoms with Gasteiger partial charge in [0, 0.05) is 36.1 Å². The third kappa shape index (κ3) is 4.07. The van der Waals surface area contributed by atoms with Crippen LogP contribution in [-0.4, -0.2) is 58.4 Å². The molecule has 0 unspecified atom stereocenters. The van der Waals surface area contributed by atoms with E-state index < -0.39 is 18.2 Å². The first-order valence-corrected chi connectivity index (χ1v) is 11.6. The van der Waals surface area contributed by atoms with Crippen LogP contribution in [0.5, 0.6) is 17.2 Å². The topological polar surface area (TPSA) is 106 Å². The fraction of sp³-hybridized carbons (Fsp3) is 0.462. The second-order valence-corrected chi connectivity index (χ2v) is 9.85. The first-order valence-electron chi connectivity index (χ1n) is 11.6. The standard InChI is InChI=1S/C26H29NO7/c1-26(2)19-12-16-13-27(25(31)15-5-3-6-17(11-15)32-14-22(29)30)10-9-21(16)33-23(19)18-7-4-8-20(28)24(18)34-26/h3-8,11,16,19,21,23,28H,9-10,12-14H2,1-2H3,(H,29,30)/t16-,19-,21-,23+/m1/s1. The Morgan fingerprint density at radius 3 is 2.79 bits per heavy atom. The van der Waals surface area contributed by atoms with Gasteiger partial charge in [0.2, 0.25) is 0 Å². The van der Waals surface area contributed by atoms with Crippen LogP contribution >= 0.6 is 0 Å². The number of phenolic OH excluding ortho intramolecular Hbond substituents is 1. The van der Waals surface area contributed by atoms with E-state index in [2.05, 4.69) is 0 Å². The van der Waals surface area contributed by atoms with Crippen LogP contribution < -0.4 is 9.47 Å². The highest BCUT2D eigenvalue weighted by Crippen LogP contribution is 2.54. The number of benzene rings is 2. The summed E-state index contributed by atoms with van der Waals surface area (Å²) < 4.78 is 18.1. The summed E-state index contributed by atoms with van der Waals surface area (Å²) in [7, 11) is 0. The zero-order chi connectivity index (χ0) is 24.0. The molecule has 8 heteroatoms. The normalized spacial score (nSPS) is 26.9. The summed E-state index contributed by atoms with van der Waals surface area (Å²) in [5.41, 5.74) is 0.838. The summed E-state index contributed by atoms with van der Waals surface area (Å²) >= 11 is 0. The fourth-order valence-electron chi connectivity index (χ4n) is 5.53. The highest BCUT2D eigenvalue weighted by molar-refractivity contribution is 5.94. The largest absolute Gasteiger partial charge is 0.504 e. The van der Waals surface area contributed by atoms with E-state index in [1.807, 2.05) is 30.9 Å². The van der Waals surface area contributed by atoms with Gasteiger partial charge in [-0.15, -0.1) is 0 Å². The molecule has 2 fully saturated rings. The number of aromatic hydroxyl groups is 1. The van der Waals surface area contributed by atoms with Crippen LogP contribution in [0.15, 0.2) is 42.5 Å². The highest BCUT2D eigenvalue weighted by Gasteiger charge is 2.52. The lowest BCUT2D eigenvalue weighted by molar-refractivity contribution is -0.184. The summed E-state index contributed by atoms with van der Waals surface area (Å²) in [6.07, 6.45) is 1.45. The van der Waals surface area contributed by atoms with Crippen LogP contribution in [0.1, 0.15) is 48.7 Å². The maximum Gasteiger partial charge on any atom is 0.341 e. The van der Waals surface area contributed by atoms with Crippen LogP contribution in [0.25, 0.3) is 0 Å². The van der Waals surface area contributed by atoms with Gasteiger partial charge in [0.15, 0.2) is 18.1 Å². The second-order valence-electron chi connectivity index (χ2n) is 9.85. The molecule has 0 aliphatic carbocycles. The molecule has 8 nitrogen and oxygen atoms in total. The van der Waals surface area contributed by atoms with E-state index in [0.717, 1.165) is 18.4 Å². The molecule has 0 radical (unpaired) electrons. The number of ether oxygens (including phenoxy) is 3. The molecule has 0 bridgehead atoms. The fourth-order valence-corrected chi connectivity index (χ4v) is 5.53. The number of carboxylic acids is 1. The van der Waals surface area contributed by atoms with Crippen LogP contribution in [0.4, 0.5) is 0 Å². The number of amides is 1. The highest BCUT2D eigenvalue weighted by atomic mass is 16.5. The number of hydrogen-bond donors (Lipinski definition) is 2. The molecule has 2 aromatic carbocycles. The summed E-state index contributed by atoms with van der Waals surface area (Å²) in [6, 6.07) is 12.1. The van der Waals surface area contributed by atoms with E-state index in [0.29, 0.717) is 30.2 Å². The number of fused-ring (bicyclic) bond motifs is 4. The van der Waals surface area contributed by atoms with Crippen LogP contribution in [0.3, 0.4) is 0 Å². The van der Waals surface area contributed by atoms with E-state index in [1.165, 1.54) is 0 Å². The summed E-state index contributed by atoms with van der Waals surface area (Å²) in [4.78, 5) is 25.9. The lowest BCUT2D eigenvalue weighted by atomic mass is 9.70. The predicted octanol–water partition coefficient (Wildman–Crippen LogP) is 3.64. The van der Waals surface area contributed by atoms with Crippen LogP contribution in [0.2, 0.25) is 0 Å². The molecule has 0 saturated carbocycles. The number of aliphatic carboxylic acids is 1. The van der Waals surface area contributed by atoms with Gasteiger partial charge < -0.3 is 29.3 Å². The molecule has 4 atom stereocenters. The average molecular weight is 468 g/mol. The number of para-hydroxylation sites is 1. The van der Waals surface area contributed by atoms with Gasteiger partial charge in [0.05, 0.1) is 12.2 Å². The van der Waals surface area contributed by atoms with Crippen LogP contribution in [0, 0.1) is 11.8 Å². The first kappa shape index (κ1) is 22.5. The summed E-state index contributed by atoms with van der Waals surface area (Å²) in [6.45, 7) is 4.75. The number of carbonyl (C=O) groups is 2. The number of rotatable bonds is 4. The number of carboxylic acid groups (broad SMARTS) is 1. The minimum Gasteiger partial charge on any atom is -0.504 e. The van der Waals surface area contributed by atoms with Crippen molar-refractivity contribution in [1.29, 1.82) is 0 Å². The quantitative estimate of drug-likeness (QED) is 0.707. The summed E-state index contributed by atoms with van der Waals surface area (Å²) in [5, 5.41) is 19.2. The van der Waals surface area contributed by atoms with Gasteiger partial charge in [-0.1, -0.05) is 18.2 Å². The number of piperidine rings is 1. The van der Waals surface area contributed by atoms with Crippen molar-refractivity contribution >= 4 is 11.9 Å². The van der Waals surface area contributed by atoms with Crippen LogP contribution in [-0.2, 0) is 9.53 Å². The van der Waals surface area contributed by atoms with E-state index in [1.54, 1.807) is 30.3 Å². The molecule has 2 aromatic rings. The van der Waals surface area contributed by atoms with Gasteiger partial charge in [0.25, 0.3) is 5.91 Å². The third-order valence-electron chi connectivity index (χ3n) is 7.23. The molecule has 2 N–H and O–H groups in total. The minimum atomic E-state index is -1.07. The maximum atomic E-state index is 13.2. The van der Waals surface area contributed by atoms with Crippen molar-refractivity contribution in [3.63, 3.8) is 0 Å².